The van der Waals surface area contributed by atoms with E-state index in [1.807, 2.05) is 0 Å². The molecule has 2 rings (SSSR count). The number of hydrogen-bond acceptors (Lipinski definition) is 3. The largest absolute Gasteiger partial charge is 0.378 e. The molecule has 0 amide bonds. The van der Waals surface area contributed by atoms with Crippen LogP contribution in [0.5, 0.6) is 0 Å². The lowest BCUT2D eigenvalue weighted by molar-refractivity contribution is 0.0263. The molecule has 58 valence electrons. The zero-order chi connectivity index (χ0) is 7.19. The number of ether oxygens (including phenoxy) is 1. The molecule has 2 fully saturated rings. The Kier molecular flexibility index (Phi) is 1.27. The molecule has 2 aliphatic heterocycles. The Hall–Kier alpha value is -0.130. The third-order valence-electron chi connectivity index (χ3n) is 1.93. The van der Waals surface area contributed by atoms with E-state index >= 15 is 0 Å². The van der Waals surface area contributed by atoms with Crippen LogP contribution in [-0.2, 0) is 14.8 Å². The van der Waals surface area contributed by atoms with Crippen LogP contribution < -0.4 is 0 Å². The number of morpholine rings is 1. The Morgan fingerprint density at radius 3 is 2.80 bits per heavy atom. The molecule has 0 N–H and O–H groups in total. The number of rotatable bonds is 0. The second-order valence-corrected chi connectivity index (χ2v) is 4.58. The summed E-state index contributed by atoms with van der Waals surface area (Å²) in [6, 6.07) is 0.152. The van der Waals surface area contributed by atoms with Gasteiger partial charge in [0.1, 0.15) is 0 Å². The molecule has 0 spiro atoms. The average Bonchev–Trinajstić information content (AvgIpc) is 1.86. The third-order valence-corrected chi connectivity index (χ3v) is 3.94. The number of sulfonamides is 1. The Morgan fingerprint density at radius 2 is 2.30 bits per heavy atom. The number of fused-ring (bicyclic) bond motifs is 1. The van der Waals surface area contributed by atoms with Crippen molar-refractivity contribution >= 4 is 10.0 Å². The van der Waals surface area contributed by atoms with Gasteiger partial charge in [0.25, 0.3) is 0 Å². The highest BCUT2D eigenvalue weighted by Crippen LogP contribution is 2.23. The maximum atomic E-state index is 10.9. The van der Waals surface area contributed by atoms with Crippen LogP contribution >= 0.6 is 0 Å². The second kappa shape index (κ2) is 1.93. The van der Waals surface area contributed by atoms with Crippen LogP contribution in [0.1, 0.15) is 0 Å². The first-order valence-electron chi connectivity index (χ1n) is 3.27. The van der Waals surface area contributed by atoms with Crippen LogP contribution in [-0.4, -0.2) is 44.3 Å². The summed E-state index contributed by atoms with van der Waals surface area (Å²) >= 11 is 0. The van der Waals surface area contributed by atoms with Gasteiger partial charge in [-0.25, -0.2) is 8.42 Å². The van der Waals surface area contributed by atoms with E-state index in [9.17, 15) is 8.42 Å². The predicted octanol–water partition coefficient (Wildman–Crippen LogP) is -0.969. The molecule has 2 heterocycles. The van der Waals surface area contributed by atoms with E-state index in [1.165, 1.54) is 4.31 Å². The molecule has 0 aromatic rings. The van der Waals surface area contributed by atoms with Gasteiger partial charge in [-0.3, -0.25) is 0 Å². The standard InChI is InChI=1S/C5H9NO3S/c7-10(8)4-5-3-9-2-1-6(5)10/h5H,1-4H2/t5-/m0/s1. The lowest BCUT2D eigenvalue weighted by atomic mass is 10.3. The van der Waals surface area contributed by atoms with Crippen LogP contribution in [0.2, 0.25) is 0 Å². The summed E-state index contributed by atoms with van der Waals surface area (Å²) < 4.78 is 28.5. The fraction of sp³-hybridized carbons (Fsp3) is 1.00. The molecule has 0 aromatic heterocycles. The summed E-state index contributed by atoms with van der Waals surface area (Å²) in [4.78, 5) is 0. The van der Waals surface area contributed by atoms with Crippen molar-refractivity contribution in [3.8, 4) is 0 Å². The van der Waals surface area contributed by atoms with Gasteiger partial charge in [0, 0.05) is 6.54 Å². The summed E-state index contributed by atoms with van der Waals surface area (Å²) in [7, 11) is -2.83. The molecule has 2 saturated heterocycles. The average molecular weight is 163 g/mol. The highest BCUT2D eigenvalue weighted by Gasteiger charge is 2.44. The van der Waals surface area contributed by atoms with Gasteiger partial charge in [0.15, 0.2) is 0 Å². The highest BCUT2D eigenvalue weighted by molar-refractivity contribution is 7.90. The molecule has 0 aromatic carbocycles. The van der Waals surface area contributed by atoms with E-state index in [0.29, 0.717) is 19.8 Å². The lowest BCUT2D eigenvalue weighted by Gasteiger charge is -2.42. The zero-order valence-electron chi connectivity index (χ0n) is 5.49. The van der Waals surface area contributed by atoms with Crippen molar-refractivity contribution in [2.45, 2.75) is 6.04 Å². The van der Waals surface area contributed by atoms with Crippen molar-refractivity contribution in [2.24, 2.45) is 0 Å². The SMILES string of the molecule is O=S1(=O)C[C@@H]2COCCN21. The number of nitrogens with zero attached hydrogens (tertiary/aromatic N) is 1. The summed E-state index contributed by atoms with van der Waals surface area (Å²) in [5, 5.41) is 0. The predicted molar refractivity (Wildman–Crippen MR) is 35.1 cm³/mol. The molecule has 5 heteroatoms. The Balaban J connectivity index is 2.15. The molecule has 10 heavy (non-hydrogen) atoms. The van der Waals surface area contributed by atoms with E-state index in [0.717, 1.165) is 0 Å². The Labute approximate surface area is 59.8 Å². The van der Waals surface area contributed by atoms with Gasteiger partial charge in [-0.15, -0.1) is 0 Å². The van der Waals surface area contributed by atoms with Gasteiger partial charge in [-0.05, 0) is 0 Å². The van der Waals surface area contributed by atoms with Crippen LogP contribution in [0.25, 0.3) is 0 Å². The van der Waals surface area contributed by atoms with Crippen molar-refractivity contribution in [2.75, 3.05) is 25.5 Å². The summed E-state index contributed by atoms with van der Waals surface area (Å²) in [5.41, 5.74) is 0. The van der Waals surface area contributed by atoms with E-state index in [1.54, 1.807) is 0 Å². The normalized spacial score (nSPS) is 38.2. The molecule has 0 saturated carbocycles. The first-order chi connectivity index (χ1) is 4.70. The maximum Gasteiger partial charge on any atom is 0.216 e. The van der Waals surface area contributed by atoms with Gasteiger partial charge in [0.2, 0.25) is 10.0 Å². The maximum absolute atomic E-state index is 10.9. The smallest absolute Gasteiger partial charge is 0.216 e. The highest BCUT2D eigenvalue weighted by atomic mass is 32.2. The molecular weight excluding hydrogens is 154 g/mol. The Morgan fingerprint density at radius 1 is 1.50 bits per heavy atom. The minimum Gasteiger partial charge on any atom is -0.378 e. The summed E-state index contributed by atoms with van der Waals surface area (Å²) in [6.45, 7) is 1.68. The van der Waals surface area contributed by atoms with Gasteiger partial charge >= 0.3 is 0 Å². The van der Waals surface area contributed by atoms with Crippen LogP contribution in [0, 0.1) is 0 Å². The third kappa shape index (κ3) is 0.777. The van der Waals surface area contributed by atoms with Crippen molar-refractivity contribution < 1.29 is 13.2 Å². The minimum absolute atomic E-state index is 0.152. The van der Waals surface area contributed by atoms with Gasteiger partial charge in [-0.1, -0.05) is 0 Å². The minimum atomic E-state index is -2.83. The van der Waals surface area contributed by atoms with Crippen molar-refractivity contribution in [1.82, 2.24) is 4.31 Å². The van der Waals surface area contributed by atoms with Crippen LogP contribution in [0.4, 0.5) is 0 Å². The van der Waals surface area contributed by atoms with Crippen molar-refractivity contribution in [3.63, 3.8) is 0 Å². The van der Waals surface area contributed by atoms with Gasteiger partial charge in [0.05, 0.1) is 25.0 Å². The molecule has 4 nitrogen and oxygen atoms in total. The molecular formula is C5H9NO3S. The van der Waals surface area contributed by atoms with E-state index in [-0.39, 0.29) is 11.8 Å². The molecule has 2 aliphatic rings. The Bertz CT molecular complexity index is 235. The monoisotopic (exact) mass is 163 g/mol. The first kappa shape index (κ1) is 6.57. The van der Waals surface area contributed by atoms with Gasteiger partial charge in [-0.2, -0.15) is 4.31 Å². The lowest BCUT2D eigenvalue weighted by Crippen LogP contribution is -2.61. The zero-order valence-corrected chi connectivity index (χ0v) is 6.30. The van der Waals surface area contributed by atoms with Crippen LogP contribution in [0.15, 0.2) is 0 Å². The first-order valence-corrected chi connectivity index (χ1v) is 4.88. The number of hydrogen-bond donors (Lipinski definition) is 0. The van der Waals surface area contributed by atoms with Crippen LogP contribution in [0.3, 0.4) is 0 Å². The van der Waals surface area contributed by atoms with Crippen molar-refractivity contribution in [1.29, 1.82) is 0 Å². The van der Waals surface area contributed by atoms with Gasteiger partial charge < -0.3 is 4.74 Å². The quantitative estimate of drug-likeness (QED) is 0.461. The molecule has 0 radical (unpaired) electrons. The van der Waals surface area contributed by atoms with E-state index in [2.05, 4.69) is 0 Å². The molecule has 0 unspecified atom stereocenters. The molecule has 1 atom stereocenters. The second-order valence-electron chi connectivity index (χ2n) is 2.62. The molecule has 0 bridgehead atoms. The van der Waals surface area contributed by atoms with Crippen molar-refractivity contribution in [3.05, 3.63) is 0 Å². The molecule has 0 aliphatic carbocycles. The fourth-order valence-electron chi connectivity index (χ4n) is 1.39. The summed E-state index contributed by atoms with van der Waals surface area (Å²) in [5.74, 6) is 0.285. The topological polar surface area (TPSA) is 46.6 Å². The van der Waals surface area contributed by atoms with E-state index in [4.69, 9.17) is 4.74 Å². The van der Waals surface area contributed by atoms with E-state index < -0.39 is 10.0 Å². The fourth-order valence-corrected chi connectivity index (χ4v) is 3.03. The summed E-state index contributed by atoms with van der Waals surface area (Å²) in [6.07, 6.45) is 0.